The van der Waals surface area contributed by atoms with Crippen LogP contribution in [0.1, 0.15) is 131 Å². The van der Waals surface area contributed by atoms with Crippen molar-refractivity contribution >= 4 is 5.91 Å². The van der Waals surface area contributed by atoms with Crippen molar-refractivity contribution in [1.29, 1.82) is 0 Å². The fraction of sp³-hybridized carbons (Fsp3) is 0.538. The fourth-order valence-electron chi connectivity index (χ4n) is 5.75. The van der Waals surface area contributed by atoms with Gasteiger partial charge in [-0.15, -0.1) is 0 Å². The Hall–Kier alpha value is -3.14. The molecular formula is C39H57N2O2+. The molecule has 0 unspecified atom stereocenters. The topological polar surface area (TPSA) is 33.4 Å². The molecule has 4 heteroatoms. The smallest absolute Gasteiger partial charge is 0.254 e. The first-order chi connectivity index (χ1) is 21.1. The minimum Gasteiger partial charge on any atom is -0.494 e. The number of ether oxygens (including phenoxy) is 1. The van der Waals surface area contributed by atoms with E-state index in [1.54, 1.807) is 0 Å². The standard InChI is InChI=1S/C39H57N2O2/c1-4-6-7-8-9-10-11-12-13-14-15-16-17-23-30-43-38-28-27-36(34(3)31-38)32-41(39(42)35-24-19-18-20-25-35)33-37-26-21-22-29-40(37)5-2/h18-22,24-29,31H,4-17,23,30,32-33H2,1-3H3/q+1. The Labute approximate surface area is 262 Å². The first-order valence-electron chi connectivity index (χ1n) is 17.2. The maximum absolute atomic E-state index is 13.6. The van der Waals surface area contributed by atoms with Crippen molar-refractivity contribution < 1.29 is 14.1 Å². The van der Waals surface area contributed by atoms with E-state index in [0.717, 1.165) is 42.1 Å². The minimum atomic E-state index is 0.0460. The van der Waals surface area contributed by atoms with Crippen molar-refractivity contribution in [3.05, 3.63) is 95.3 Å². The van der Waals surface area contributed by atoms with Gasteiger partial charge in [-0.25, -0.2) is 4.57 Å². The molecule has 4 nitrogen and oxygen atoms in total. The minimum absolute atomic E-state index is 0.0460. The molecule has 0 bridgehead atoms. The lowest BCUT2D eigenvalue weighted by atomic mass is 10.0. The lowest BCUT2D eigenvalue weighted by Crippen LogP contribution is -2.41. The molecule has 0 aliphatic carbocycles. The summed E-state index contributed by atoms with van der Waals surface area (Å²) in [6.45, 7) is 9.28. The Bertz CT molecular complexity index is 1180. The van der Waals surface area contributed by atoms with Crippen LogP contribution in [0.4, 0.5) is 0 Å². The molecule has 0 aliphatic rings. The molecule has 0 saturated heterocycles. The molecular weight excluding hydrogens is 528 g/mol. The number of carbonyl (C=O) groups is 1. The van der Waals surface area contributed by atoms with Gasteiger partial charge in [0.2, 0.25) is 5.69 Å². The van der Waals surface area contributed by atoms with Crippen LogP contribution in [0.5, 0.6) is 5.75 Å². The van der Waals surface area contributed by atoms with Crippen molar-refractivity contribution in [2.75, 3.05) is 6.61 Å². The highest BCUT2D eigenvalue weighted by Crippen LogP contribution is 2.21. The monoisotopic (exact) mass is 585 g/mol. The average Bonchev–Trinajstić information content (AvgIpc) is 3.04. The summed E-state index contributed by atoms with van der Waals surface area (Å²) in [5.41, 5.74) is 4.14. The second-order valence-electron chi connectivity index (χ2n) is 12.0. The molecule has 0 fully saturated rings. The zero-order valence-electron chi connectivity index (χ0n) is 27.4. The number of hydrogen-bond acceptors (Lipinski definition) is 2. The molecule has 0 aliphatic heterocycles. The predicted octanol–water partition coefficient (Wildman–Crippen LogP) is 10.0. The number of rotatable bonds is 22. The third-order valence-corrected chi connectivity index (χ3v) is 8.48. The number of pyridine rings is 1. The van der Waals surface area contributed by atoms with Crippen molar-refractivity contribution in [3.8, 4) is 5.75 Å². The van der Waals surface area contributed by atoms with Gasteiger partial charge in [-0.1, -0.05) is 121 Å². The number of amides is 1. The van der Waals surface area contributed by atoms with Crippen LogP contribution >= 0.6 is 0 Å². The van der Waals surface area contributed by atoms with E-state index in [-0.39, 0.29) is 5.91 Å². The zero-order valence-corrected chi connectivity index (χ0v) is 27.4. The van der Waals surface area contributed by atoms with Crippen LogP contribution in [0, 0.1) is 6.92 Å². The highest BCUT2D eigenvalue weighted by atomic mass is 16.5. The number of aryl methyl sites for hydroxylation is 2. The number of unbranched alkanes of at least 4 members (excludes halogenated alkanes) is 13. The number of aromatic nitrogens is 1. The molecule has 1 heterocycles. The van der Waals surface area contributed by atoms with Crippen LogP contribution in [0.3, 0.4) is 0 Å². The lowest BCUT2D eigenvalue weighted by molar-refractivity contribution is -0.701. The molecule has 1 aromatic heterocycles. The van der Waals surface area contributed by atoms with Crippen LogP contribution in [0.25, 0.3) is 0 Å². The summed E-state index contributed by atoms with van der Waals surface area (Å²) in [7, 11) is 0. The van der Waals surface area contributed by atoms with Crippen LogP contribution in [0.15, 0.2) is 72.9 Å². The third-order valence-electron chi connectivity index (χ3n) is 8.48. The van der Waals surface area contributed by atoms with Gasteiger partial charge >= 0.3 is 0 Å². The molecule has 1 amide bonds. The summed E-state index contributed by atoms with van der Waals surface area (Å²) in [5.74, 6) is 0.966. The first kappa shape index (κ1) is 34.4. The second-order valence-corrected chi connectivity index (χ2v) is 12.0. The maximum atomic E-state index is 13.6. The largest absolute Gasteiger partial charge is 0.494 e. The van der Waals surface area contributed by atoms with E-state index in [9.17, 15) is 4.79 Å². The van der Waals surface area contributed by atoms with Gasteiger partial charge in [-0.05, 0) is 55.7 Å². The number of carbonyl (C=O) groups excluding carboxylic acids is 1. The Morgan fingerprint density at radius 2 is 1.30 bits per heavy atom. The molecule has 234 valence electrons. The van der Waals surface area contributed by atoms with Gasteiger partial charge in [0.15, 0.2) is 6.20 Å². The van der Waals surface area contributed by atoms with Crippen LogP contribution in [0.2, 0.25) is 0 Å². The number of benzene rings is 2. The first-order valence-corrected chi connectivity index (χ1v) is 17.2. The molecule has 3 rings (SSSR count). The van der Waals surface area contributed by atoms with Crippen molar-refractivity contribution in [3.63, 3.8) is 0 Å². The molecule has 0 N–H and O–H groups in total. The predicted molar refractivity (Wildman–Crippen MR) is 179 cm³/mol. The van der Waals surface area contributed by atoms with Crippen molar-refractivity contribution in [2.24, 2.45) is 0 Å². The van der Waals surface area contributed by atoms with E-state index >= 15 is 0 Å². The molecule has 0 saturated carbocycles. The van der Waals surface area contributed by atoms with Crippen molar-refractivity contribution in [2.45, 2.75) is 130 Å². The Morgan fingerprint density at radius 3 is 1.91 bits per heavy atom. The van der Waals surface area contributed by atoms with E-state index in [0.29, 0.717) is 18.7 Å². The van der Waals surface area contributed by atoms with Crippen LogP contribution < -0.4 is 9.30 Å². The van der Waals surface area contributed by atoms with Gasteiger partial charge in [0.05, 0.1) is 6.61 Å². The van der Waals surface area contributed by atoms with Crippen LogP contribution in [-0.2, 0) is 19.6 Å². The molecule has 0 spiro atoms. The summed E-state index contributed by atoms with van der Waals surface area (Å²) in [4.78, 5) is 15.5. The van der Waals surface area contributed by atoms with Crippen molar-refractivity contribution in [1.82, 2.24) is 4.90 Å². The highest BCUT2D eigenvalue weighted by molar-refractivity contribution is 5.94. The maximum Gasteiger partial charge on any atom is 0.254 e. The van der Waals surface area contributed by atoms with E-state index in [2.05, 4.69) is 55.8 Å². The van der Waals surface area contributed by atoms with Gasteiger partial charge in [-0.3, -0.25) is 4.79 Å². The summed E-state index contributed by atoms with van der Waals surface area (Å²) < 4.78 is 8.31. The summed E-state index contributed by atoms with van der Waals surface area (Å²) >= 11 is 0. The van der Waals surface area contributed by atoms with Crippen LogP contribution in [-0.4, -0.2) is 17.4 Å². The Balaban J connectivity index is 1.40. The van der Waals surface area contributed by atoms with E-state index in [1.807, 2.05) is 47.4 Å². The molecule has 0 radical (unpaired) electrons. The second kappa shape index (κ2) is 20.7. The van der Waals surface area contributed by atoms with E-state index < -0.39 is 0 Å². The summed E-state index contributed by atoms with van der Waals surface area (Å²) in [5, 5.41) is 0. The van der Waals surface area contributed by atoms with Gasteiger partial charge < -0.3 is 9.64 Å². The zero-order chi connectivity index (χ0) is 30.5. The summed E-state index contributed by atoms with van der Waals surface area (Å²) in [6, 6.07) is 22.1. The lowest BCUT2D eigenvalue weighted by Gasteiger charge is -2.23. The van der Waals surface area contributed by atoms with Gasteiger partial charge in [0.1, 0.15) is 18.8 Å². The molecule has 0 atom stereocenters. The van der Waals surface area contributed by atoms with E-state index in [4.69, 9.17) is 4.74 Å². The molecule has 43 heavy (non-hydrogen) atoms. The SMILES string of the molecule is CCCCCCCCCCCCCCCCOc1ccc(CN(Cc2cccc[n+]2CC)C(=O)c2ccccc2)c(C)c1. The number of hydrogen-bond donors (Lipinski definition) is 0. The van der Waals surface area contributed by atoms with Gasteiger partial charge in [0, 0.05) is 24.2 Å². The third kappa shape index (κ3) is 12.9. The Kier molecular flexibility index (Phi) is 16.5. The Morgan fingerprint density at radius 1 is 0.698 bits per heavy atom. The van der Waals surface area contributed by atoms with E-state index in [1.165, 1.54) is 83.5 Å². The normalized spacial score (nSPS) is 11.0. The molecule has 3 aromatic rings. The average molecular weight is 586 g/mol. The fourth-order valence-corrected chi connectivity index (χ4v) is 5.75. The molecule has 2 aromatic carbocycles. The quantitative estimate of drug-likeness (QED) is 0.0868. The summed E-state index contributed by atoms with van der Waals surface area (Å²) in [6.07, 6.45) is 21.2. The van der Waals surface area contributed by atoms with Gasteiger partial charge in [0.25, 0.3) is 5.91 Å². The highest BCUT2D eigenvalue weighted by Gasteiger charge is 2.21. The number of nitrogens with zero attached hydrogens (tertiary/aromatic N) is 2. The van der Waals surface area contributed by atoms with Gasteiger partial charge in [-0.2, -0.15) is 0 Å².